The quantitative estimate of drug-likeness (QED) is 0.520. The molecule has 0 atom stereocenters. The van der Waals surface area contributed by atoms with E-state index < -0.39 is 5.66 Å². The molecule has 0 N–H and O–H groups in total. The fraction of sp³-hybridized carbons (Fsp3) is 0.571. The molecule has 0 aromatic carbocycles. The number of rotatable bonds is 3. The van der Waals surface area contributed by atoms with Gasteiger partial charge in [0.25, 0.3) is 0 Å². The van der Waals surface area contributed by atoms with Crippen molar-refractivity contribution in [1.29, 1.82) is 0 Å². The van der Waals surface area contributed by atoms with Gasteiger partial charge in [-0.3, -0.25) is 0 Å². The first-order valence-corrected chi connectivity index (χ1v) is 5.59. The van der Waals surface area contributed by atoms with E-state index in [1.54, 1.807) is 23.5 Å². The smallest absolute Gasteiger partial charge is 0.211 e. The number of hydrogen-bond donors (Lipinski definition) is 0. The first kappa shape index (κ1) is 10.5. The standard InChI is InChI=1S/C7H7N2O2S2/c1-7(8-4-10,9-5-11)6-12-2-3-13-6/h6H,1-3H2. The Balaban J connectivity index is 2.87. The van der Waals surface area contributed by atoms with Crippen LogP contribution in [0.25, 0.3) is 0 Å². The highest BCUT2D eigenvalue weighted by Crippen LogP contribution is 2.41. The fourth-order valence-corrected chi connectivity index (χ4v) is 3.82. The van der Waals surface area contributed by atoms with E-state index >= 15 is 0 Å². The van der Waals surface area contributed by atoms with Crippen LogP contribution in [0.1, 0.15) is 0 Å². The van der Waals surface area contributed by atoms with Gasteiger partial charge < -0.3 is 0 Å². The van der Waals surface area contributed by atoms with Crippen molar-refractivity contribution >= 4 is 35.7 Å². The third-order valence-electron chi connectivity index (χ3n) is 1.48. The molecule has 0 unspecified atom stereocenters. The highest BCUT2D eigenvalue weighted by Gasteiger charge is 2.37. The minimum absolute atomic E-state index is 0.0876. The summed E-state index contributed by atoms with van der Waals surface area (Å²) in [5.74, 6) is 1.91. The number of carbonyl (C=O) groups excluding carboxylic acids is 2. The van der Waals surface area contributed by atoms with Gasteiger partial charge in [0.2, 0.25) is 12.2 Å². The summed E-state index contributed by atoms with van der Waals surface area (Å²) in [4.78, 5) is 27.1. The Kier molecular flexibility index (Phi) is 3.75. The third-order valence-corrected chi connectivity index (χ3v) is 4.79. The molecule has 1 aliphatic heterocycles. The Hall–Kier alpha value is -0.540. The second-order valence-electron chi connectivity index (χ2n) is 2.36. The van der Waals surface area contributed by atoms with E-state index in [4.69, 9.17) is 0 Å². The molecular formula is C7H7N2O2S2. The van der Waals surface area contributed by atoms with Gasteiger partial charge in [-0.2, -0.15) is 9.98 Å². The number of hydrogen-bond acceptors (Lipinski definition) is 6. The van der Waals surface area contributed by atoms with E-state index in [0.717, 1.165) is 11.5 Å². The maximum atomic E-state index is 10.1. The fourth-order valence-electron chi connectivity index (χ4n) is 0.914. The van der Waals surface area contributed by atoms with Crippen LogP contribution in [0.4, 0.5) is 0 Å². The Labute approximate surface area is 84.3 Å². The van der Waals surface area contributed by atoms with Crippen molar-refractivity contribution in [3.05, 3.63) is 6.92 Å². The number of thioether (sulfide) groups is 2. The molecule has 1 heterocycles. The Morgan fingerprint density at radius 1 is 1.23 bits per heavy atom. The zero-order chi connectivity index (χ0) is 9.73. The minimum Gasteiger partial charge on any atom is -0.211 e. The summed E-state index contributed by atoms with van der Waals surface area (Å²) in [6.45, 7) is 3.63. The molecule has 1 fully saturated rings. The number of nitrogens with zero attached hydrogens (tertiary/aromatic N) is 2. The zero-order valence-corrected chi connectivity index (χ0v) is 8.36. The molecule has 13 heavy (non-hydrogen) atoms. The summed E-state index contributed by atoms with van der Waals surface area (Å²) in [6, 6.07) is 0. The molecule has 0 aromatic heterocycles. The molecule has 1 aliphatic rings. The van der Waals surface area contributed by atoms with Gasteiger partial charge in [0, 0.05) is 18.4 Å². The van der Waals surface area contributed by atoms with Crippen LogP contribution in [0, 0.1) is 6.92 Å². The van der Waals surface area contributed by atoms with Crippen LogP contribution in [-0.2, 0) is 9.59 Å². The molecule has 1 radical (unpaired) electrons. The Bertz CT molecular complexity index is 258. The molecular weight excluding hydrogens is 208 g/mol. The lowest BCUT2D eigenvalue weighted by Gasteiger charge is -2.21. The Morgan fingerprint density at radius 3 is 2.08 bits per heavy atom. The van der Waals surface area contributed by atoms with Gasteiger partial charge in [-0.1, -0.05) is 0 Å². The van der Waals surface area contributed by atoms with Crippen molar-refractivity contribution in [2.24, 2.45) is 9.98 Å². The molecule has 0 aliphatic carbocycles. The molecule has 0 bridgehead atoms. The van der Waals surface area contributed by atoms with Gasteiger partial charge in [0.05, 0.1) is 4.58 Å². The summed E-state index contributed by atoms with van der Waals surface area (Å²) in [7, 11) is 0. The van der Waals surface area contributed by atoms with Gasteiger partial charge in [-0.25, -0.2) is 9.59 Å². The van der Waals surface area contributed by atoms with Gasteiger partial charge in [0.1, 0.15) is 0 Å². The molecule has 0 aromatic rings. The van der Waals surface area contributed by atoms with E-state index in [1.165, 1.54) is 12.2 Å². The normalized spacial score (nSPS) is 21.3. The highest BCUT2D eigenvalue weighted by atomic mass is 32.2. The average molecular weight is 215 g/mol. The lowest BCUT2D eigenvalue weighted by atomic mass is 10.3. The first-order valence-electron chi connectivity index (χ1n) is 3.49. The van der Waals surface area contributed by atoms with Crippen LogP contribution < -0.4 is 0 Å². The molecule has 0 amide bonds. The second-order valence-corrected chi connectivity index (χ2v) is 5.08. The van der Waals surface area contributed by atoms with Gasteiger partial charge >= 0.3 is 0 Å². The largest absolute Gasteiger partial charge is 0.237 e. The van der Waals surface area contributed by atoms with Crippen LogP contribution in [0.3, 0.4) is 0 Å². The van der Waals surface area contributed by atoms with Crippen molar-refractivity contribution in [3.8, 4) is 0 Å². The second kappa shape index (κ2) is 4.63. The van der Waals surface area contributed by atoms with Gasteiger partial charge in [0.15, 0.2) is 5.66 Å². The van der Waals surface area contributed by atoms with Crippen molar-refractivity contribution in [1.82, 2.24) is 0 Å². The van der Waals surface area contributed by atoms with E-state index in [9.17, 15) is 9.59 Å². The maximum Gasteiger partial charge on any atom is 0.237 e. The van der Waals surface area contributed by atoms with E-state index in [-0.39, 0.29) is 4.58 Å². The summed E-state index contributed by atoms with van der Waals surface area (Å²) >= 11 is 3.17. The zero-order valence-electron chi connectivity index (χ0n) is 6.73. The molecule has 0 spiro atoms. The van der Waals surface area contributed by atoms with Crippen molar-refractivity contribution in [2.75, 3.05) is 11.5 Å². The first-order chi connectivity index (χ1) is 6.23. The van der Waals surface area contributed by atoms with Crippen LogP contribution in [0.2, 0.25) is 0 Å². The molecule has 1 saturated heterocycles. The molecule has 1 rings (SSSR count). The number of isocyanates is 2. The predicted octanol–water partition coefficient (Wildman–Crippen LogP) is 0.994. The molecule has 0 saturated carbocycles. The van der Waals surface area contributed by atoms with Gasteiger partial charge in [-0.05, 0) is 0 Å². The van der Waals surface area contributed by atoms with Crippen molar-refractivity contribution in [2.45, 2.75) is 10.2 Å². The van der Waals surface area contributed by atoms with Crippen LogP contribution >= 0.6 is 23.5 Å². The summed E-state index contributed by atoms with van der Waals surface area (Å²) in [5, 5.41) is 0. The third kappa shape index (κ3) is 2.45. The van der Waals surface area contributed by atoms with Crippen LogP contribution in [0.15, 0.2) is 9.98 Å². The average Bonchev–Trinajstić information content (AvgIpc) is 2.57. The maximum absolute atomic E-state index is 10.1. The van der Waals surface area contributed by atoms with Crippen molar-refractivity contribution < 1.29 is 9.59 Å². The molecule has 4 nitrogen and oxygen atoms in total. The monoisotopic (exact) mass is 215 g/mol. The highest BCUT2D eigenvalue weighted by molar-refractivity contribution is 8.20. The predicted molar refractivity (Wildman–Crippen MR) is 53.0 cm³/mol. The summed E-state index contributed by atoms with van der Waals surface area (Å²) in [5.41, 5.74) is -1.24. The van der Waals surface area contributed by atoms with E-state index in [1.807, 2.05) is 0 Å². The summed E-state index contributed by atoms with van der Waals surface area (Å²) in [6.07, 6.45) is 2.77. The topological polar surface area (TPSA) is 58.9 Å². The lowest BCUT2D eigenvalue weighted by molar-refractivity contribution is 0.529. The lowest BCUT2D eigenvalue weighted by Crippen LogP contribution is -2.29. The SMILES string of the molecule is [CH2]C(N=C=O)(N=C=O)C1SCCS1. The van der Waals surface area contributed by atoms with E-state index in [2.05, 4.69) is 16.9 Å². The van der Waals surface area contributed by atoms with Crippen LogP contribution in [-0.4, -0.2) is 33.9 Å². The molecule has 6 heteroatoms. The molecule has 69 valence electrons. The minimum atomic E-state index is -1.24. The Morgan fingerprint density at radius 2 is 1.69 bits per heavy atom. The van der Waals surface area contributed by atoms with Crippen LogP contribution in [0.5, 0.6) is 0 Å². The van der Waals surface area contributed by atoms with E-state index in [0.29, 0.717) is 0 Å². The number of aliphatic imine (C=N–C) groups is 2. The van der Waals surface area contributed by atoms with Gasteiger partial charge in [-0.15, -0.1) is 23.5 Å². The van der Waals surface area contributed by atoms with Crippen molar-refractivity contribution in [3.63, 3.8) is 0 Å². The summed E-state index contributed by atoms with van der Waals surface area (Å²) < 4.78 is -0.0876.